The van der Waals surface area contributed by atoms with Gasteiger partial charge in [-0.05, 0) is 50.1 Å². The topological polar surface area (TPSA) is 75.3 Å². The van der Waals surface area contributed by atoms with Gasteiger partial charge in [-0.15, -0.1) is 0 Å². The number of nitrogens with one attached hydrogen (secondary N) is 2. The number of carbonyl (C=O) groups is 3. The van der Waals surface area contributed by atoms with Gasteiger partial charge in [-0.2, -0.15) is 0 Å². The lowest BCUT2D eigenvalue weighted by atomic mass is 10.1. The van der Waals surface area contributed by atoms with Crippen LogP contribution >= 0.6 is 0 Å². The summed E-state index contributed by atoms with van der Waals surface area (Å²) in [5.74, 6) is -0.703. The Labute approximate surface area is 153 Å². The molecular formula is C21H22N2O3. The molecule has 5 nitrogen and oxygen atoms in total. The molecule has 0 saturated carbocycles. The van der Waals surface area contributed by atoms with E-state index in [1.54, 1.807) is 31.2 Å². The number of hydrogen-bond acceptors (Lipinski definition) is 3. The molecule has 0 atom stereocenters. The third kappa shape index (κ3) is 6.02. The monoisotopic (exact) mass is 350 g/mol. The van der Waals surface area contributed by atoms with Crippen molar-refractivity contribution in [3.05, 3.63) is 77.4 Å². The van der Waals surface area contributed by atoms with Crippen molar-refractivity contribution in [2.45, 2.75) is 20.3 Å². The molecule has 0 unspecified atom stereocenters. The van der Waals surface area contributed by atoms with Crippen LogP contribution in [0.1, 0.15) is 29.8 Å². The average molecular weight is 350 g/mol. The summed E-state index contributed by atoms with van der Waals surface area (Å²) in [6.45, 7) is 3.56. The largest absolute Gasteiger partial charge is 0.352 e. The Morgan fingerprint density at radius 3 is 2.19 bits per heavy atom. The van der Waals surface area contributed by atoms with Crippen LogP contribution in [0.2, 0.25) is 0 Å². The van der Waals surface area contributed by atoms with Crippen molar-refractivity contribution in [3.8, 4) is 0 Å². The minimum atomic E-state index is -0.362. The van der Waals surface area contributed by atoms with Crippen molar-refractivity contribution in [1.29, 1.82) is 0 Å². The zero-order chi connectivity index (χ0) is 18.9. The Kier molecular flexibility index (Phi) is 6.85. The number of ketones is 1. The zero-order valence-electron chi connectivity index (χ0n) is 14.9. The van der Waals surface area contributed by atoms with Crippen LogP contribution in [0.5, 0.6) is 0 Å². The maximum Gasteiger partial charge on any atom is 0.251 e. The standard InChI is InChI=1S/C21H22N2O3/c1-15(14-20(25)22-13-12-17-6-4-3-5-7-17)21(26)23-19-10-8-18(9-11-19)16(2)24/h3-11,14H,12-13H2,1-2H3,(H,22,25)(H,23,26)/b15-14-. The first kappa shape index (κ1) is 19.1. The van der Waals surface area contributed by atoms with Crippen LogP contribution in [0.4, 0.5) is 5.69 Å². The molecule has 26 heavy (non-hydrogen) atoms. The fourth-order valence-electron chi connectivity index (χ4n) is 2.31. The van der Waals surface area contributed by atoms with Gasteiger partial charge in [-0.25, -0.2) is 0 Å². The lowest BCUT2D eigenvalue weighted by molar-refractivity contribution is -0.117. The highest BCUT2D eigenvalue weighted by Crippen LogP contribution is 2.11. The normalized spacial score (nSPS) is 10.9. The fourth-order valence-corrected chi connectivity index (χ4v) is 2.31. The lowest BCUT2D eigenvalue weighted by Crippen LogP contribution is -2.25. The minimum absolute atomic E-state index is 0.0360. The lowest BCUT2D eigenvalue weighted by Gasteiger charge is -2.07. The van der Waals surface area contributed by atoms with E-state index in [0.29, 0.717) is 23.4 Å². The quantitative estimate of drug-likeness (QED) is 0.595. The number of rotatable bonds is 7. The Bertz CT molecular complexity index is 809. The van der Waals surface area contributed by atoms with Crippen molar-refractivity contribution >= 4 is 23.3 Å². The highest BCUT2D eigenvalue weighted by Gasteiger charge is 2.08. The Balaban J connectivity index is 1.83. The summed E-state index contributed by atoms with van der Waals surface area (Å²) in [4.78, 5) is 35.3. The van der Waals surface area contributed by atoms with E-state index in [-0.39, 0.29) is 17.6 Å². The predicted octanol–water partition coefficient (Wildman–Crippen LogP) is 3.13. The van der Waals surface area contributed by atoms with Gasteiger partial charge < -0.3 is 10.6 Å². The molecule has 0 aromatic heterocycles. The summed E-state index contributed by atoms with van der Waals surface area (Å²) in [6.07, 6.45) is 2.01. The first-order chi connectivity index (χ1) is 12.5. The van der Waals surface area contributed by atoms with E-state index >= 15 is 0 Å². The van der Waals surface area contributed by atoms with E-state index in [1.807, 2.05) is 30.3 Å². The fraction of sp³-hybridized carbons (Fsp3) is 0.190. The van der Waals surface area contributed by atoms with E-state index in [4.69, 9.17) is 0 Å². The number of carbonyl (C=O) groups excluding carboxylic acids is 3. The summed E-state index contributed by atoms with van der Waals surface area (Å²) in [5, 5.41) is 5.46. The van der Waals surface area contributed by atoms with Crippen LogP contribution in [-0.4, -0.2) is 24.1 Å². The highest BCUT2D eigenvalue weighted by molar-refractivity contribution is 6.07. The number of hydrogen-bond donors (Lipinski definition) is 2. The first-order valence-electron chi connectivity index (χ1n) is 8.38. The average Bonchev–Trinajstić information content (AvgIpc) is 2.63. The number of amides is 2. The molecular weight excluding hydrogens is 328 g/mol. The van der Waals surface area contributed by atoms with Gasteiger partial charge >= 0.3 is 0 Å². The van der Waals surface area contributed by atoms with Gasteiger partial charge in [-0.1, -0.05) is 30.3 Å². The Morgan fingerprint density at radius 1 is 0.923 bits per heavy atom. The van der Waals surface area contributed by atoms with Gasteiger partial charge in [0, 0.05) is 29.4 Å². The zero-order valence-corrected chi connectivity index (χ0v) is 14.9. The van der Waals surface area contributed by atoms with Crippen molar-refractivity contribution in [3.63, 3.8) is 0 Å². The van der Waals surface area contributed by atoms with E-state index in [9.17, 15) is 14.4 Å². The molecule has 2 N–H and O–H groups in total. The Morgan fingerprint density at radius 2 is 1.58 bits per heavy atom. The molecule has 0 bridgehead atoms. The molecule has 0 aliphatic rings. The molecule has 0 saturated heterocycles. The van der Waals surface area contributed by atoms with Crippen LogP contribution in [0, 0.1) is 0 Å². The van der Waals surface area contributed by atoms with Crippen molar-refractivity contribution < 1.29 is 14.4 Å². The molecule has 2 aromatic carbocycles. The first-order valence-corrected chi connectivity index (χ1v) is 8.38. The SMILES string of the molecule is CC(=O)c1ccc(NC(=O)/C(C)=C\C(=O)NCCc2ccccc2)cc1. The molecule has 0 fully saturated rings. The third-order valence-corrected chi connectivity index (χ3v) is 3.81. The van der Waals surface area contributed by atoms with Crippen LogP contribution in [0.3, 0.4) is 0 Å². The van der Waals surface area contributed by atoms with Crippen molar-refractivity contribution in [1.82, 2.24) is 5.32 Å². The summed E-state index contributed by atoms with van der Waals surface area (Å²) in [6, 6.07) is 16.4. The summed E-state index contributed by atoms with van der Waals surface area (Å²) < 4.78 is 0. The van der Waals surface area contributed by atoms with Crippen LogP contribution in [-0.2, 0) is 16.0 Å². The predicted molar refractivity (Wildman–Crippen MR) is 102 cm³/mol. The molecule has 2 amide bonds. The van der Waals surface area contributed by atoms with E-state index in [0.717, 1.165) is 12.0 Å². The smallest absolute Gasteiger partial charge is 0.251 e. The molecule has 0 aliphatic carbocycles. The van der Waals surface area contributed by atoms with Crippen molar-refractivity contribution in [2.24, 2.45) is 0 Å². The van der Waals surface area contributed by atoms with E-state index in [2.05, 4.69) is 10.6 Å². The molecule has 2 rings (SSSR count). The second-order valence-corrected chi connectivity index (χ2v) is 5.94. The van der Waals surface area contributed by atoms with Gasteiger partial charge in [0.15, 0.2) is 5.78 Å². The van der Waals surface area contributed by atoms with Crippen molar-refractivity contribution in [2.75, 3.05) is 11.9 Å². The molecule has 134 valence electrons. The maximum atomic E-state index is 12.1. The van der Waals surface area contributed by atoms with Gasteiger partial charge in [-0.3, -0.25) is 14.4 Å². The Hall–Kier alpha value is -3.21. The number of anilines is 1. The molecule has 0 aliphatic heterocycles. The molecule has 0 spiro atoms. The van der Waals surface area contributed by atoms with Gasteiger partial charge in [0.05, 0.1) is 0 Å². The molecule has 5 heteroatoms. The van der Waals surface area contributed by atoms with Gasteiger partial charge in [0.25, 0.3) is 5.91 Å². The number of benzene rings is 2. The highest BCUT2D eigenvalue weighted by atomic mass is 16.2. The molecule has 0 radical (unpaired) electrons. The van der Waals surface area contributed by atoms with Gasteiger partial charge in [0.1, 0.15) is 0 Å². The minimum Gasteiger partial charge on any atom is -0.352 e. The van der Waals surface area contributed by atoms with Crippen LogP contribution in [0.15, 0.2) is 66.2 Å². The van der Waals surface area contributed by atoms with E-state index in [1.165, 1.54) is 13.0 Å². The summed E-state index contributed by atoms with van der Waals surface area (Å²) >= 11 is 0. The van der Waals surface area contributed by atoms with E-state index < -0.39 is 0 Å². The molecule has 0 heterocycles. The maximum absolute atomic E-state index is 12.1. The molecule has 2 aromatic rings. The summed E-state index contributed by atoms with van der Waals surface area (Å²) in [7, 11) is 0. The van der Waals surface area contributed by atoms with Crippen LogP contribution in [0.25, 0.3) is 0 Å². The summed E-state index contributed by atoms with van der Waals surface area (Å²) in [5.41, 5.74) is 2.59. The number of Topliss-reactive ketones (excluding diaryl/α,β-unsaturated/α-hetero) is 1. The van der Waals surface area contributed by atoms with Gasteiger partial charge in [0.2, 0.25) is 5.91 Å². The second kappa shape index (κ2) is 9.32. The van der Waals surface area contributed by atoms with Crippen LogP contribution < -0.4 is 10.6 Å². The third-order valence-electron chi connectivity index (χ3n) is 3.81. The second-order valence-electron chi connectivity index (χ2n) is 5.94.